The summed E-state index contributed by atoms with van der Waals surface area (Å²) in [6.45, 7) is 12.2. The number of amides is 2. The van der Waals surface area contributed by atoms with Gasteiger partial charge >= 0.3 is 12.2 Å². The number of fused-ring (bicyclic) bond motifs is 2. The molecule has 182 valence electrons. The first-order valence-electron chi connectivity index (χ1n) is 11.2. The van der Waals surface area contributed by atoms with Gasteiger partial charge in [0.05, 0.1) is 16.3 Å². The number of halogens is 1. The van der Waals surface area contributed by atoms with Crippen LogP contribution in [0.5, 0.6) is 5.75 Å². The van der Waals surface area contributed by atoms with Crippen molar-refractivity contribution >= 4 is 35.3 Å². The first kappa shape index (κ1) is 24.1. The molecule has 1 aromatic carbocycles. The van der Waals surface area contributed by atoms with Crippen molar-refractivity contribution < 1.29 is 23.8 Å². The summed E-state index contributed by atoms with van der Waals surface area (Å²) in [5, 5.41) is 0.457. The fourth-order valence-electron chi connectivity index (χ4n) is 3.79. The van der Waals surface area contributed by atoms with Crippen LogP contribution in [0.2, 0.25) is 5.02 Å². The molecule has 1 aromatic heterocycles. The third kappa shape index (κ3) is 5.06. The summed E-state index contributed by atoms with van der Waals surface area (Å²) in [5.74, 6) is 1.00. The first-order valence-corrected chi connectivity index (χ1v) is 11.6. The number of carbonyl (C=O) groups excluding carboxylic acids is 2. The van der Waals surface area contributed by atoms with E-state index in [4.69, 9.17) is 25.8 Å². The molecule has 0 N–H and O–H groups in total. The normalized spacial score (nSPS) is 16.0. The smallest absolute Gasteiger partial charge is 0.420 e. The molecule has 1 saturated heterocycles. The van der Waals surface area contributed by atoms with E-state index in [-0.39, 0.29) is 18.6 Å². The van der Waals surface area contributed by atoms with Crippen molar-refractivity contribution in [2.24, 2.45) is 0 Å². The van der Waals surface area contributed by atoms with Gasteiger partial charge < -0.3 is 19.1 Å². The fraction of sp³-hybridized carbons (Fsp3) is 0.480. The Hall–Kier alpha value is -3.00. The van der Waals surface area contributed by atoms with E-state index >= 15 is 0 Å². The van der Waals surface area contributed by atoms with Crippen LogP contribution in [-0.4, -0.2) is 46.4 Å². The van der Waals surface area contributed by atoms with Crippen molar-refractivity contribution in [1.82, 2.24) is 9.88 Å². The van der Waals surface area contributed by atoms with Gasteiger partial charge in [-0.2, -0.15) is 0 Å². The number of benzene rings is 1. The van der Waals surface area contributed by atoms with Crippen LogP contribution in [-0.2, 0) is 16.1 Å². The number of nitrogens with zero attached hydrogens (tertiary/aromatic N) is 3. The summed E-state index contributed by atoms with van der Waals surface area (Å²) in [6, 6.07) is 7.35. The predicted molar refractivity (Wildman–Crippen MR) is 129 cm³/mol. The lowest BCUT2D eigenvalue weighted by molar-refractivity contribution is 0.00818. The van der Waals surface area contributed by atoms with Gasteiger partial charge in [0.1, 0.15) is 23.6 Å². The van der Waals surface area contributed by atoms with Crippen LogP contribution in [0.1, 0.15) is 58.6 Å². The molecular weight excluding hydrogens is 458 g/mol. The molecule has 0 unspecified atom stereocenters. The van der Waals surface area contributed by atoms with Gasteiger partial charge in [-0.1, -0.05) is 17.7 Å². The zero-order valence-corrected chi connectivity index (χ0v) is 21.1. The minimum atomic E-state index is -0.706. The van der Waals surface area contributed by atoms with E-state index in [1.807, 2.05) is 59.7 Å². The number of ether oxygens (including phenoxy) is 3. The highest BCUT2D eigenvalue weighted by Gasteiger charge is 2.37. The standard InChI is InChI=1S/C25H30ClN3O5/c1-24(2,3)33-22(30)28-12-16(13-28)15-7-8-20-19(11-15)29(23(31)34-25(4,5)6)21-17(14-32-20)18(26)9-10-27-21/h7-11,16H,12-14H2,1-6H3. The van der Waals surface area contributed by atoms with Crippen molar-refractivity contribution in [2.45, 2.75) is 65.3 Å². The van der Waals surface area contributed by atoms with Gasteiger partial charge in [0.15, 0.2) is 5.82 Å². The summed E-state index contributed by atoms with van der Waals surface area (Å²) in [5.41, 5.74) is 0.853. The van der Waals surface area contributed by atoms with Crippen molar-refractivity contribution in [3.05, 3.63) is 46.6 Å². The molecular formula is C25H30ClN3O5. The molecule has 3 heterocycles. The summed E-state index contributed by atoms with van der Waals surface area (Å²) < 4.78 is 17.2. The van der Waals surface area contributed by atoms with Gasteiger partial charge in [0.2, 0.25) is 0 Å². The maximum Gasteiger partial charge on any atom is 0.420 e. The molecule has 9 heteroatoms. The maximum atomic E-state index is 13.3. The molecule has 2 aromatic rings. The van der Waals surface area contributed by atoms with E-state index < -0.39 is 17.3 Å². The first-order chi connectivity index (χ1) is 15.8. The maximum absolute atomic E-state index is 13.3. The van der Waals surface area contributed by atoms with Crippen LogP contribution >= 0.6 is 11.6 Å². The lowest BCUT2D eigenvalue weighted by Crippen LogP contribution is -2.50. The Morgan fingerprint density at radius 3 is 2.32 bits per heavy atom. The number of pyridine rings is 1. The van der Waals surface area contributed by atoms with Gasteiger partial charge in [-0.3, -0.25) is 0 Å². The van der Waals surface area contributed by atoms with Gasteiger partial charge in [0, 0.05) is 25.2 Å². The second-order valence-corrected chi connectivity index (χ2v) is 10.9. The highest BCUT2D eigenvalue weighted by atomic mass is 35.5. The molecule has 0 radical (unpaired) electrons. The van der Waals surface area contributed by atoms with Crippen LogP contribution in [0, 0.1) is 0 Å². The number of carbonyl (C=O) groups is 2. The van der Waals surface area contributed by atoms with Gasteiger partial charge in [-0.05, 0) is 65.3 Å². The second kappa shape index (κ2) is 8.65. The Balaban J connectivity index is 1.66. The second-order valence-electron chi connectivity index (χ2n) is 10.5. The third-order valence-electron chi connectivity index (χ3n) is 5.36. The molecule has 0 spiro atoms. The van der Waals surface area contributed by atoms with Gasteiger partial charge in [0.25, 0.3) is 0 Å². The van der Waals surface area contributed by atoms with Gasteiger partial charge in [-0.15, -0.1) is 0 Å². The van der Waals surface area contributed by atoms with Crippen LogP contribution < -0.4 is 9.64 Å². The van der Waals surface area contributed by atoms with E-state index in [2.05, 4.69) is 4.98 Å². The average molecular weight is 488 g/mol. The number of aromatic nitrogens is 1. The monoisotopic (exact) mass is 487 g/mol. The molecule has 8 nitrogen and oxygen atoms in total. The van der Waals surface area contributed by atoms with E-state index in [1.54, 1.807) is 17.2 Å². The quantitative estimate of drug-likeness (QED) is 0.488. The Labute approximate surface area is 204 Å². The summed E-state index contributed by atoms with van der Waals surface area (Å²) in [6.07, 6.45) is 0.652. The van der Waals surface area contributed by atoms with Crippen LogP contribution in [0.4, 0.5) is 21.1 Å². The van der Waals surface area contributed by atoms with E-state index in [9.17, 15) is 9.59 Å². The number of anilines is 2. The Bertz CT molecular complexity index is 1120. The molecule has 2 aliphatic rings. The largest absolute Gasteiger partial charge is 0.487 e. The minimum Gasteiger partial charge on any atom is -0.487 e. The summed E-state index contributed by atoms with van der Waals surface area (Å²) in [7, 11) is 0. The topological polar surface area (TPSA) is 81.2 Å². The third-order valence-corrected chi connectivity index (χ3v) is 5.72. The summed E-state index contributed by atoms with van der Waals surface area (Å²) in [4.78, 5) is 33.2. The number of hydrogen-bond acceptors (Lipinski definition) is 6. The minimum absolute atomic E-state index is 0.105. The number of rotatable bonds is 1. The highest BCUT2D eigenvalue weighted by Crippen LogP contribution is 2.43. The van der Waals surface area contributed by atoms with Crippen molar-refractivity contribution in [3.8, 4) is 5.75 Å². The van der Waals surface area contributed by atoms with E-state index in [1.165, 1.54) is 4.90 Å². The van der Waals surface area contributed by atoms with E-state index in [0.29, 0.717) is 40.9 Å². The Morgan fingerprint density at radius 1 is 1.03 bits per heavy atom. The molecule has 0 bridgehead atoms. The molecule has 4 rings (SSSR count). The van der Waals surface area contributed by atoms with Crippen LogP contribution in [0.15, 0.2) is 30.5 Å². The molecule has 0 aliphatic carbocycles. The number of hydrogen-bond donors (Lipinski definition) is 0. The molecule has 2 aliphatic heterocycles. The van der Waals surface area contributed by atoms with Crippen molar-refractivity contribution in [1.29, 1.82) is 0 Å². The summed E-state index contributed by atoms with van der Waals surface area (Å²) >= 11 is 6.42. The molecule has 34 heavy (non-hydrogen) atoms. The molecule has 1 fully saturated rings. The van der Waals surface area contributed by atoms with Crippen molar-refractivity contribution in [2.75, 3.05) is 18.0 Å². The van der Waals surface area contributed by atoms with Crippen LogP contribution in [0.25, 0.3) is 0 Å². The van der Waals surface area contributed by atoms with Gasteiger partial charge in [-0.25, -0.2) is 19.5 Å². The lowest BCUT2D eigenvalue weighted by Gasteiger charge is -2.40. The number of likely N-dealkylation sites (tertiary alicyclic amines) is 1. The zero-order valence-electron chi connectivity index (χ0n) is 20.3. The molecule has 0 atom stereocenters. The Kier molecular flexibility index (Phi) is 6.14. The predicted octanol–water partition coefficient (Wildman–Crippen LogP) is 6.03. The average Bonchev–Trinajstić information content (AvgIpc) is 2.81. The van der Waals surface area contributed by atoms with Crippen LogP contribution in [0.3, 0.4) is 0 Å². The van der Waals surface area contributed by atoms with Crippen molar-refractivity contribution in [3.63, 3.8) is 0 Å². The molecule has 2 amide bonds. The van der Waals surface area contributed by atoms with E-state index in [0.717, 1.165) is 5.56 Å². The zero-order chi connectivity index (χ0) is 24.8. The highest BCUT2D eigenvalue weighted by molar-refractivity contribution is 6.31. The Morgan fingerprint density at radius 2 is 1.68 bits per heavy atom. The SMILES string of the molecule is CC(C)(C)OC(=O)N1CC(c2ccc3c(c2)N(C(=O)OC(C)(C)C)c2nccc(Cl)c2CO3)C1. The fourth-order valence-corrected chi connectivity index (χ4v) is 3.99. The lowest BCUT2D eigenvalue weighted by atomic mass is 9.91. The molecule has 0 saturated carbocycles.